The molecule has 2 rings (SSSR count). The predicted octanol–water partition coefficient (Wildman–Crippen LogP) is 4.49. The number of quaternary nitrogens is 1. The number of aromatic hydroxyl groups is 2. The summed E-state index contributed by atoms with van der Waals surface area (Å²) in [5.41, 5.74) is 4.70. The number of aryl methyl sites for hydroxylation is 4. The fraction of sp³-hybridized carbons (Fsp3) is 0.500. The van der Waals surface area contributed by atoms with Crippen LogP contribution in [0.3, 0.4) is 0 Å². The summed E-state index contributed by atoms with van der Waals surface area (Å²) in [6.07, 6.45) is 3.05. The van der Waals surface area contributed by atoms with Crippen LogP contribution in [0.15, 0.2) is 36.4 Å². The molecule has 0 bridgehead atoms. The zero-order valence-electron chi connectivity index (χ0n) is 19.6. The lowest BCUT2D eigenvalue weighted by Gasteiger charge is -2.30. The molecule has 7 nitrogen and oxygen atoms in total. The van der Waals surface area contributed by atoms with Crippen LogP contribution < -0.4 is 0 Å². The van der Waals surface area contributed by atoms with E-state index in [0.717, 1.165) is 24.9 Å². The molecular weight excluding hydrogens is 429 g/mol. The quantitative estimate of drug-likeness (QED) is 0.174. The molecule has 0 fully saturated rings. The number of phenols is 2. The van der Waals surface area contributed by atoms with Gasteiger partial charge in [-0.3, -0.25) is 9.05 Å². The summed E-state index contributed by atoms with van der Waals surface area (Å²) in [6, 6.07) is 11.2. The van der Waals surface area contributed by atoms with Crippen molar-refractivity contribution in [1.82, 2.24) is 0 Å². The standard InChI is InChI=1S/C24H36NO6P/c1-19-15-20(2)17-22(16-19)7-5-11-25(3,4)12-14-31-32(28,29)30-13-6-8-21-9-10-23(26)24(27)18-21/h9-10,15-18H,5-8,11-14H2,1-4H3,(H2-,26,27,28,29)/p+1. The SMILES string of the molecule is Cc1cc(C)cc(CCC[N+](C)(C)CCOP(=O)(O)OCCCc2ccc(O)c(O)c2)c1. The smallest absolute Gasteiger partial charge is 0.472 e. The van der Waals surface area contributed by atoms with Gasteiger partial charge >= 0.3 is 7.82 Å². The van der Waals surface area contributed by atoms with Crippen molar-refractivity contribution >= 4 is 7.82 Å². The lowest BCUT2D eigenvalue weighted by atomic mass is 10.0. The molecule has 0 aliphatic carbocycles. The number of phosphoric acid groups is 1. The molecule has 0 heterocycles. The van der Waals surface area contributed by atoms with Crippen molar-refractivity contribution in [2.75, 3.05) is 40.4 Å². The molecule has 0 aliphatic rings. The van der Waals surface area contributed by atoms with Gasteiger partial charge in [0, 0.05) is 6.42 Å². The van der Waals surface area contributed by atoms with Gasteiger partial charge in [-0.25, -0.2) is 4.57 Å². The Morgan fingerprint density at radius 1 is 0.812 bits per heavy atom. The second-order valence-electron chi connectivity index (χ2n) is 9.04. The molecule has 0 aromatic heterocycles. The molecular formula is C24H37NO6P+. The molecule has 0 spiro atoms. The minimum atomic E-state index is -4.10. The maximum absolute atomic E-state index is 12.1. The monoisotopic (exact) mass is 466 g/mol. The van der Waals surface area contributed by atoms with Gasteiger partial charge in [0.15, 0.2) is 11.5 Å². The van der Waals surface area contributed by atoms with E-state index in [0.29, 0.717) is 23.9 Å². The maximum Gasteiger partial charge on any atom is 0.472 e. The second-order valence-corrected chi connectivity index (χ2v) is 10.5. The summed E-state index contributed by atoms with van der Waals surface area (Å²) >= 11 is 0. The fourth-order valence-corrected chi connectivity index (χ4v) is 4.40. The number of phenolic OH excluding ortho intramolecular Hbond substituents is 2. The lowest BCUT2D eigenvalue weighted by Crippen LogP contribution is -2.43. The van der Waals surface area contributed by atoms with Crippen molar-refractivity contribution in [1.29, 1.82) is 0 Å². The molecule has 1 unspecified atom stereocenters. The number of benzene rings is 2. The number of rotatable bonds is 13. The van der Waals surface area contributed by atoms with Crippen LogP contribution in [0.4, 0.5) is 0 Å². The number of nitrogens with zero attached hydrogens (tertiary/aromatic N) is 1. The molecule has 178 valence electrons. The zero-order chi connectivity index (χ0) is 23.8. The third kappa shape index (κ3) is 9.72. The normalized spacial score (nSPS) is 13.8. The molecule has 8 heteroatoms. The lowest BCUT2D eigenvalue weighted by molar-refractivity contribution is -0.890. The first-order valence-electron chi connectivity index (χ1n) is 11.0. The Morgan fingerprint density at radius 3 is 2.09 bits per heavy atom. The molecule has 3 N–H and O–H groups in total. The topological polar surface area (TPSA) is 96.2 Å². The first-order chi connectivity index (χ1) is 15.0. The molecule has 1 atom stereocenters. The van der Waals surface area contributed by atoms with Crippen LogP contribution in [0.25, 0.3) is 0 Å². The summed E-state index contributed by atoms with van der Waals surface area (Å²) in [4.78, 5) is 9.90. The van der Waals surface area contributed by atoms with Crippen molar-refractivity contribution in [2.45, 2.75) is 39.5 Å². The number of likely N-dealkylation sites (N-methyl/N-ethyl adjacent to an activating group) is 1. The number of hydrogen-bond donors (Lipinski definition) is 3. The largest absolute Gasteiger partial charge is 0.504 e. The number of phosphoric ester groups is 1. The minimum Gasteiger partial charge on any atom is -0.504 e. The van der Waals surface area contributed by atoms with Gasteiger partial charge in [0.2, 0.25) is 0 Å². The van der Waals surface area contributed by atoms with Gasteiger partial charge in [0.25, 0.3) is 0 Å². The van der Waals surface area contributed by atoms with Gasteiger partial charge in [-0.2, -0.15) is 0 Å². The average molecular weight is 467 g/mol. The summed E-state index contributed by atoms with van der Waals surface area (Å²) in [6.45, 7) is 5.96. The Kier molecular flexibility index (Phi) is 9.74. The van der Waals surface area contributed by atoms with E-state index in [1.807, 2.05) is 0 Å². The first kappa shape index (κ1) is 26.4. The van der Waals surface area contributed by atoms with E-state index in [9.17, 15) is 19.7 Å². The first-order valence-corrected chi connectivity index (χ1v) is 12.5. The highest BCUT2D eigenvalue weighted by molar-refractivity contribution is 7.47. The molecule has 0 saturated heterocycles. The van der Waals surface area contributed by atoms with Crippen LogP contribution in [-0.2, 0) is 26.5 Å². The van der Waals surface area contributed by atoms with Crippen molar-refractivity contribution in [3.63, 3.8) is 0 Å². The Balaban J connectivity index is 1.65. The third-order valence-corrected chi connectivity index (χ3v) is 6.38. The van der Waals surface area contributed by atoms with Crippen molar-refractivity contribution < 1.29 is 33.2 Å². The summed E-state index contributed by atoms with van der Waals surface area (Å²) in [5.74, 6) is -0.362. The van der Waals surface area contributed by atoms with E-state index >= 15 is 0 Å². The van der Waals surface area contributed by atoms with Gasteiger partial charge in [0.05, 0.1) is 27.2 Å². The van der Waals surface area contributed by atoms with Gasteiger partial charge in [-0.15, -0.1) is 0 Å². The summed E-state index contributed by atoms with van der Waals surface area (Å²) < 4.78 is 23.0. The van der Waals surface area contributed by atoms with Crippen LogP contribution in [-0.4, -0.2) is 60.0 Å². The minimum absolute atomic E-state index is 0.0591. The highest BCUT2D eigenvalue weighted by Gasteiger charge is 2.23. The molecule has 0 aliphatic heterocycles. The molecule has 2 aromatic carbocycles. The molecule has 32 heavy (non-hydrogen) atoms. The van der Waals surface area contributed by atoms with Crippen LogP contribution >= 0.6 is 7.82 Å². The molecule has 0 amide bonds. The van der Waals surface area contributed by atoms with Gasteiger partial charge in [0.1, 0.15) is 13.2 Å². The molecule has 0 saturated carbocycles. The summed E-state index contributed by atoms with van der Waals surface area (Å²) in [7, 11) is 0.0674. The average Bonchev–Trinajstić information content (AvgIpc) is 2.66. The van der Waals surface area contributed by atoms with Crippen LogP contribution in [0.1, 0.15) is 35.1 Å². The highest BCUT2D eigenvalue weighted by Crippen LogP contribution is 2.43. The summed E-state index contributed by atoms with van der Waals surface area (Å²) in [5, 5.41) is 18.8. The van der Waals surface area contributed by atoms with Crippen LogP contribution in [0.5, 0.6) is 11.5 Å². The van der Waals surface area contributed by atoms with E-state index in [1.54, 1.807) is 6.07 Å². The fourth-order valence-electron chi connectivity index (χ4n) is 3.66. The zero-order valence-corrected chi connectivity index (χ0v) is 20.5. The molecule has 2 aromatic rings. The Hall–Kier alpha value is -1.89. The van der Waals surface area contributed by atoms with E-state index in [2.05, 4.69) is 46.1 Å². The Labute approximate surface area is 191 Å². The second kappa shape index (κ2) is 11.8. The van der Waals surface area contributed by atoms with Crippen LogP contribution in [0, 0.1) is 13.8 Å². The maximum atomic E-state index is 12.1. The van der Waals surface area contributed by atoms with Crippen molar-refractivity contribution in [3.8, 4) is 11.5 Å². The Bertz CT molecular complexity index is 910. The van der Waals surface area contributed by atoms with Gasteiger partial charge in [-0.1, -0.05) is 35.4 Å². The van der Waals surface area contributed by atoms with E-state index < -0.39 is 7.82 Å². The van der Waals surface area contributed by atoms with E-state index in [-0.39, 0.29) is 24.7 Å². The van der Waals surface area contributed by atoms with E-state index in [1.165, 1.54) is 28.8 Å². The third-order valence-electron chi connectivity index (χ3n) is 5.37. The van der Waals surface area contributed by atoms with E-state index in [4.69, 9.17) is 9.05 Å². The Morgan fingerprint density at radius 2 is 1.44 bits per heavy atom. The number of hydrogen-bond acceptors (Lipinski definition) is 5. The van der Waals surface area contributed by atoms with Crippen molar-refractivity contribution in [3.05, 3.63) is 58.7 Å². The van der Waals surface area contributed by atoms with Crippen LogP contribution in [0.2, 0.25) is 0 Å². The van der Waals surface area contributed by atoms with Gasteiger partial charge in [-0.05, 0) is 56.4 Å². The highest BCUT2D eigenvalue weighted by atomic mass is 31.2. The van der Waals surface area contributed by atoms with Crippen molar-refractivity contribution in [2.24, 2.45) is 0 Å². The van der Waals surface area contributed by atoms with Gasteiger partial charge < -0.3 is 19.6 Å². The molecule has 0 radical (unpaired) electrons. The predicted molar refractivity (Wildman–Crippen MR) is 126 cm³/mol.